The van der Waals surface area contributed by atoms with E-state index < -0.39 is 17.7 Å². The first kappa shape index (κ1) is 27.3. The second-order valence-electron chi connectivity index (χ2n) is 10.8. The van der Waals surface area contributed by atoms with Crippen LogP contribution in [-0.2, 0) is 16.1 Å². The van der Waals surface area contributed by atoms with Gasteiger partial charge in [0.2, 0.25) is 5.91 Å². The quantitative estimate of drug-likeness (QED) is 0.472. The van der Waals surface area contributed by atoms with Gasteiger partial charge in [0.15, 0.2) is 5.65 Å². The third kappa shape index (κ3) is 6.17. The Morgan fingerprint density at radius 3 is 2.56 bits per heavy atom. The van der Waals surface area contributed by atoms with Crippen LogP contribution in [0.3, 0.4) is 0 Å². The van der Waals surface area contributed by atoms with Gasteiger partial charge in [-0.15, -0.1) is 0 Å². The normalized spacial score (nSPS) is 18.1. The Bertz CT molecular complexity index is 1370. The third-order valence-electron chi connectivity index (χ3n) is 6.90. The molecule has 2 aromatic heterocycles. The van der Waals surface area contributed by atoms with E-state index in [0.717, 1.165) is 29.3 Å². The largest absolute Gasteiger partial charge is 0.444 e. The number of nitrogens with one attached hydrogen (secondary N) is 1. The van der Waals surface area contributed by atoms with Crippen molar-refractivity contribution in [2.45, 2.75) is 51.8 Å². The van der Waals surface area contributed by atoms with Crippen LogP contribution in [0.2, 0.25) is 10.0 Å². The van der Waals surface area contributed by atoms with Crippen LogP contribution >= 0.6 is 23.2 Å². The molecular weight excluding hydrogens is 541 g/mol. The average molecular weight is 575 g/mol. The Morgan fingerprint density at radius 1 is 1.08 bits per heavy atom. The van der Waals surface area contributed by atoms with Crippen molar-refractivity contribution in [2.75, 3.05) is 42.9 Å². The van der Waals surface area contributed by atoms with Gasteiger partial charge in [-0.25, -0.2) is 9.78 Å². The second kappa shape index (κ2) is 11.1. The van der Waals surface area contributed by atoms with Gasteiger partial charge in [0.05, 0.1) is 6.20 Å². The zero-order valence-corrected chi connectivity index (χ0v) is 23.9. The minimum atomic E-state index is -0.600. The Hall–Kier alpha value is -3.24. The molecule has 5 rings (SSSR count). The predicted molar refractivity (Wildman–Crippen MR) is 152 cm³/mol. The number of rotatable bonds is 5. The van der Waals surface area contributed by atoms with Crippen LogP contribution in [0.15, 0.2) is 36.5 Å². The number of carbonyl (C=O) groups is 2. The number of ether oxygens (including phenoxy) is 1. The summed E-state index contributed by atoms with van der Waals surface area (Å²) in [6, 6.07) is 8.77. The van der Waals surface area contributed by atoms with Gasteiger partial charge in [-0.2, -0.15) is 9.61 Å². The van der Waals surface area contributed by atoms with E-state index in [1.807, 2.05) is 49.9 Å². The zero-order valence-electron chi connectivity index (χ0n) is 22.4. The molecule has 2 amide bonds. The summed E-state index contributed by atoms with van der Waals surface area (Å²) in [5, 5.41) is 9.00. The van der Waals surface area contributed by atoms with Gasteiger partial charge >= 0.3 is 6.09 Å². The highest BCUT2D eigenvalue weighted by atomic mass is 35.5. The molecule has 0 saturated carbocycles. The van der Waals surface area contributed by atoms with Crippen molar-refractivity contribution >= 4 is 52.5 Å². The van der Waals surface area contributed by atoms with E-state index in [9.17, 15) is 9.59 Å². The van der Waals surface area contributed by atoms with Crippen LogP contribution in [0.1, 0.15) is 39.2 Å². The second-order valence-corrected chi connectivity index (χ2v) is 11.7. The summed E-state index contributed by atoms with van der Waals surface area (Å²) in [6.07, 6.45) is 2.74. The van der Waals surface area contributed by atoms with Gasteiger partial charge in [-0.3, -0.25) is 9.69 Å². The van der Waals surface area contributed by atoms with Gasteiger partial charge in [-0.1, -0.05) is 29.3 Å². The molecule has 0 spiro atoms. The highest BCUT2D eigenvalue weighted by Crippen LogP contribution is 2.26. The Labute approximate surface area is 237 Å². The zero-order chi connectivity index (χ0) is 27.7. The van der Waals surface area contributed by atoms with Gasteiger partial charge in [0.25, 0.3) is 0 Å². The molecule has 2 fully saturated rings. The minimum Gasteiger partial charge on any atom is -0.444 e. The lowest BCUT2D eigenvalue weighted by Gasteiger charge is -2.38. The Kier molecular flexibility index (Phi) is 7.77. The molecule has 0 aliphatic carbocycles. The molecule has 1 atom stereocenters. The highest BCUT2D eigenvalue weighted by molar-refractivity contribution is 6.35. The van der Waals surface area contributed by atoms with Crippen molar-refractivity contribution in [1.29, 1.82) is 0 Å². The maximum absolute atomic E-state index is 13.4. The van der Waals surface area contributed by atoms with Crippen molar-refractivity contribution < 1.29 is 14.3 Å². The molecule has 2 aliphatic heterocycles. The molecule has 208 valence electrons. The van der Waals surface area contributed by atoms with Gasteiger partial charge in [0.1, 0.15) is 23.3 Å². The topological polar surface area (TPSA) is 95.3 Å². The number of piperazine rings is 1. The summed E-state index contributed by atoms with van der Waals surface area (Å²) in [5.41, 5.74) is 1.03. The Morgan fingerprint density at radius 2 is 1.85 bits per heavy atom. The van der Waals surface area contributed by atoms with Crippen molar-refractivity contribution in [2.24, 2.45) is 0 Å². The number of likely N-dealkylation sites (tertiary alicyclic amines) is 1. The van der Waals surface area contributed by atoms with E-state index in [0.29, 0.717) is 55.7 Å². The summed E-state index contributed by atoms with van der Waals surface area (Å²) in [4.78, 5) is 36.5. The monoisotopic (exact) mass is 573 g/mol. The molecule has 2 aliphatic rings. The molecule has 4 heterocycles. The van der Waals surface area contributed by atoms with E-state index >= 15 is 0 Å². The number of hydrogen-bond acceptors (Lipinski definition) is 7. The molecule has 0 radical (unpaired) electrons. The van der Waals surface area contributed by atoms with E-state index in [-0.39, 0.29) is 5.91 Å². The van der Waals surface area contributed by atoms with E-state index in [2.05, 4.69) is 15.3 Å². The molecule has 10 nitrogen and oxygen atoms in total. The summed E-state index contributed by atoms with van der Waals surface area (Å²) in [5.74, 6) is 1.57. The number of hydrogen-bond donors (Lipinski definition) is 1. The molecular formula is C27H33Cl2N7O3. The standard InChI is InChI=1S/C27H33Cl2N7O3/c1-27(2,3)39-26(38)35-10-4-5-21(35)25(37)34-13-11-33(12-14-34)24-16-23(36-22(32-24)8-9-31-36)30-17-18-6-7-19(28)15-20(18)29/h6-9,15-16,21,30H,4-5,10-14,17H2,1-3H3/t21-/m1/s1. The van der Waals surface area contributed by atoms with Crippen LogP contribution in [0, 0.1) is 0 Å². The van der Waals surface area contributed by atoms with Crippen LogP contribution in [0.25, 0.3) is 5.65 Å². The SMILES string of the molecule is CC(C)(C)OC(=O)N1CCC[C@@H]1C(=O)N1CCN(c2cc(NCc3ccc(Cl)cc3Cl)n3nccc3n2)CC1. The summed E-state index contributed by atoms with van der Waals surface area (Å²) in [6.45, 7) is 8.89. The van der Waals surface area contributed by atoms with E-state index in [1.165, 1.54) is 0 Å². The molecule has 0 bridgehead atoms. The van der Waals surface area contributed by atoms with Gasteiger partial charge < -0.3 is 19.9 Å². The first-order chi connectivity index (χ1) is 18.6. The highest BCUT2D eigenvalue weighted by Gasteiger charge is 2.39. The molecule has 1 aromatic carbocycles. The van der Waals surface area contributed by atoms with Crippen LogP contribution in [0.4, 0.5) is 16.4 Å². The molecule has 0 unspecified atom stereocenters. The number of anilines is 2. The first-order valence-electron chi connectivity index (χ1n) is 13.1. The minimum absolute atomic E-state index is 0.0144. The molecule has 1 N–H and O–H groups in total. The van der Waals surface area contributed by atoms with Crippen LogP contribution in [0.5, 0.6) is 0 Å². The summed E-state index contributed by atoms with van der Waals surface area (Å²) >= 11 is 12.4. The van der Waals surface area contributed by atoms with Gasteiger partial charge in [-0.05, 0) is 51.3 Å². The fraction of sp³-hybridized carbons (Fsp3) is 0.481. The van der Waals surface area contributed by atoms with Crippen molar-refractivity contribution in [3.05, 3.63) is 52.1 Å². The Balaban J connectivity index is 1.25. The third-order valence-corrected chi connectivity index (χ3v) is 7.49. The lowest BCUT2D eigenvalue weighted by Crippen LogP contribution is -2.55. The predicted octanol–water partition coefficient (Wildman–Crippen LogP) is 4.70. The van der Waals surface area contributed by atoms with Crippen molar-refractivity contribution in [3.63, 3.8) is 0 Å². The molecule has 12 heteroatoms. The number of benzene rings is 1. The number of carbonyl (C=O) groups excluding carboxylic acids is 2. The van der Waals surface area contributed by atoms with E-state index in [4.69, 9.17) is 32.9 Å². The number of halogens is 2. The maximum Gasteiger partial charge on any atom is 0.410 e. The molecule has 2 saturated heterocycles. The number of nitrogens with zero attached hydrogens (tertiary/aromatic N) is 6. The van der Waals surface area contributed by atoms with Gasteiger partial charge in [0, 0.05) is 61.4 Å². The maximum atomic E-state index is 13.4. The number of aromatic nitrogens is 3. The van der Waals surface area contributed by atoms with Crippen molar-refractivity contribution in [3.8, 4) is 0 Å². The summed E-state index contributed by atoms with van der Waals surface area (Å²) < 4.78 is 7.29. The average Bonchev–Trinajstić information content (AvgIpc) is 3.57. The fourth-order valence-electron chi connectivity index (χ4n) is 4.97. The lowest BCUT2D eigenvalue weighted by molar-refractivity contribution is -0.136. The fourth-order valence-corrected chi connectivity index (χ4v) is 5.44. The molecule has 39 heavy (non-hydrogen) atoms. The van der Waals surface area contributed by atoms with Crippen LogP contribution < -0.4 is 10.2 Å². The number of fused-ring (bicyclic) bond motifs is 1. The van der Waals surface area contributed by atoms with Crippen LogP contribution in [-0.4, -0.2) is 80.8 Å². The molecule has 3 aromatic rings. The number of amides is 2. The smallest absolute Gasteiger partial charge is 0.410 e. The first-order valence-corrected chi connectivity index (χ1v) is 13.9. The van der Waals surface area contributed by atoms with Crippen molar-refractivity contribution in [1.82, 2.24) is 24.4 Å². The lowest BCUT2D eigenvalue weighted by atomic mass is 10.1. The summed E-state index contributed by atoms with van der Waals surface area (Å²) in [7, 11) is 0. The van der Waals surface area contributed by atoms with E-state index in [1.54, 1.807) is 21.7 Å².